The second kappa shape index (κ2) is 6.88. The summed E-state index contributed by atoms with van der Waals surface area (Å²) in [6, 6.07) is 9.67. The summed E-state index contributed by atoms with van der Waals surface area (Å²) in [6.07, 6.45) is 0. The van der Waals surface area contributed by atoms with Gasteiger partial charge in [-0.3, -0.25) is 4.79 Å². The average molecular weight is 386 g/mol. The number of halogens is 1. The molecule has 0 spiro atoms. The fourth-order valence-corrected chi connectivity index (χ4v) is 3.72. The maximum Gasteiger partial charge on any atom is 0.275 e. The first-order chi connectivity index (χ1) is 13.1. The number of rotatable bonds is 4. The van der Waals surface area contributed by atoms with Gasteiger partial charge < -0.3 is 19.5 Å². The molecule has 27 heavy (non-hydrogen) atoms. The van der Waals surface area contributed by atoms with Gasteiger partial charge in [0, 0.05) is 16.6 Å². The molecule has 3 aromatic rings. The van der Waals surface area contributed by atoms with Crippen molar-refractivity contribution in [2.24, 2.45) is 0 Å². The van der Waals surface area contributed by atoms with Gasteiger partial charge in [-0.2, -0.15) is 0 Å². The summed E-state index contributed by atoms with van der Waals surface area (Å²) < 4.78 is 30.1. The van der Waals surface area contributed by atoms with Crippen molar-refractivity contribution >= 4 is 22.9 Å². The predicted octanol–water partition coefficient (Wildman–Crippen LogP) is 4.25. The molecule has 8 heteroatoms. The number of ether oxygens (including phenoxy) is 3. The highest BCUT2D eigenvalue weighted by atomic mass is 32.1. The largest absolute Gasteiger partial charge is 0.496 e. The van der Waals surface area contributed by atoms with Crippen molar-refractivity contribution in [3.63, 3.8) is 0 Å². The number of carbonyl (C=O) groups is 1. The van der Waals surface area contributed by atoms with Crippen molar-refractivity contribution in [1.29, 1.82) is 0 Å². The molecule has 4 rings (SSSR count). The SMILES string of the molecule is COc1cccc(F)c1-c1nc(C(=O)Nc2ccc3c(c2)OCO3)c(C)s1. The number of hydrogen-bond acceptors (Lipinski definition) is 6. The highest BCUT2D eigenvalue weighted by Gasteiger charge is 2.22. The van der Waals surface area contributed by atoms with E-state index in [2.05, 4.69) is 10.3 Å². The van der Waals surface area contributed by atoms with Gasteiger partial charge in [-0.05, 0) is 31.2 Å². The number of amides is 1. The van der Waals surface area contributed by atoms with Crippen LogP contribution in [0.5, 0.6) is 17.2 Å². The van der Waals surface area contributed by atoms with Crippen LogP contribution in [0, 0.1) is 12.7 Å². The number of hydrogen-bond donors (Lipinski definition) is 1. The maximum absolute atomic E-state index is 14.3. The highest BCUT2D eigenvalue weighted by Crippen LogP contribution is 2.37. The summed E-state index contributed by atoms with van der Waals surface area (Å²) in [5.41, 5.74) is 1.04. The second-order valence-electron chi connectivity index (χ2n) is 5.76. The van der Waals surface area contributed by atoms with Crippen LogP contribution in [0.3, 0.4) is 0 Å². The number of nitrogens with one attached hydrogen (secondary N) is 1. The van der Waals surface area contributed by atoms with E-state index in [0.717, 1.165) is 0 Å². The van der Waals surface area contributed by atoms with E-state index in [4.69, 9.17) is 14.2 Å². The molecule has 1 aliphatic heterocycles. The predicted molar refractivity (Wildman–Crippen MR) is 99.3 cm³/mol. The number of thiazole rings is 1. The van der Waals surface area contributed by atoms with E-state index in [1.165, 1.54) is 24.5 Å². The first-order valence-electron chi connectivity index (χ1n) is 8.08. The Morgan fingerprint density at radius 2 is 2.07 bits per heavy atom. The third kappa shape index (κ3) is 3.19. The summed E-state index contributed by atoms with van der Waals surface area (Å²) in [5, 5.41) is 3.17. The molecule has 1 aliphatic rings. The Hall–Kier alpha value is -3.13. The van der Waals surface area contributed by atoms with Crippen LogP contribution >= 0.6 is 11.3 Å². The number of methoxy groups -OCH3 is 1. The van der Waals surface area contributed by atoms with Crippen LogP contribution in [0.4, 0.5) is 10.1 Å². The second-order valence-corrected chi connectivity index (χ2v) is 6.97. The van der Waals surface area contributed by atoms with E-state index in [1.54, 1.807) is 37.3 Å². The van der Waals surface area contributed by atoms with E-state index in [0.29, 0.717) is 32.8 Å². The molecule has 6 nitrogen and oxygen atoms in total. The molecule has 0 fully saturated rings. The molecular formula is C19H15FN2O4S. The van der Waals surface area contributed by atoms with Gasteiger partial charge in [-0.1, -0.05) is 6.07 Å². The zero-order chi connectivity index (χ0) is 19.0. The van der Waals surface area contributed by atoms with Crippen LogP contribution in [0.1, 0.15) is 15.4 Å². The molecular weight excluding hydrogens is 371 g/mol. The van der Waals surface area contributed by atoms with Gasteiger partial charge in [-0.25, -0.2) is 9.37 Å². The molecule has 0 unspecified atom stereocenters. The number of anilines is 1. The number of aromatic nitrogens is 1. The minimum atomic E-state index is -0.453. The topological polar surface area (TPSA) is 69.7 Å². The lowest BCUT2D eigenvalue weighted by Gasteiger charge is -2.06. The lowest BCUT2D eigenvalue weighted by Crippen LogP contribution is -2.13. The first kappa shape index (κ1) is 17.3. The molecule has 2 aromatic carbocycles. The van der Waals surface area contributed by atoms with Crippen LogP contribution in [-0.4, -0.2) is 24.8 Å². The maximum atomic E-state index is 14.3. The van der Waals surface area contributed by atoms with E-state index in [9.17, 15) is 9.18 Å². The molecule has 1 N–H and O–H groups in total. The Morgan fingerprint density at radius 1 is 1.26 bits per heavy atom. The summed E-state index contributed by atoms with van der Waals surface area (Å²) in [7, 11) is 1.46. The molecule has 2 heterocycles. The van der Waals surface area contributed by atoms with Crippen LogP contribution in [0.2, 0.25) is 0 Å². The van der Waals surface area contributed by atoms with E-state index < -0.39 is 5.82 Å². The first-order valence-corrected chi connectivity index (χ1v) is 8.90. The number of carbonyl (C=O) groups excluding carboxylic acids is 1. The molecule has 1 amide bonds. The molecule has 1 aromatic heterocycles. The Kier molecular flexibility index (Phi) is 4.41. The summed E-state index contributed by atoms with van der Waals surface area (Å²) in [4.78, 5) is 17.7. The van der Waals surface area contributed by atoms with Gasteiger partial charge in [-0.15, -0.1) is 11.3 Å². The van der Waals surface area contributed by atoms with Gasteiger partial charge in [0.1, 0.15) is 22.3 Å². The van der Waals surface area contributed by atoms with E-state index in [1.807, 2.05) is 0 Å². The Morgan fingerprint density at radius 3 is 2.89 bits per heavy atom. The molecule has 0 saturated carbocycles. The van der Waals surface area contributed by atoms with Crippen molar-refractivity contribution in [1.82, 2.24) is 4.98 Å². The third-order valence-electron chi connectivity index (χ3n) is 4.05. The fourth-order valence-electron chi connectivity index (χ4n) is 2.76. The zero-order valence-electron chi connectivity index (χ0n) is 14.5. The summed E-state index contributed by atoms with van der Waals surface area (Å²) in [5.74, 6) is 0.729. The molecule has 138 valence electrons. The van der Waals surface area contributed by atoms with Gasteiger partial charge in [0.25, 0.3) is 5.91 Å². The average Bonchev–Trinajstić information content (AvgIpc) is 3.27. The van der Waals surface area contributed by atoms with Crippen LogP contribution in [0.25, 0.3) is 10.6 Å². The molecule has 0 bridgehead atoms. The fraction of sp³-hybridized carbons (Fsp3) is 0.158. The van der Waals surface area contributed by atoms with Gasteiger partial charge in [0.15, 0.2) is 11.5 Å². The molecule has 0 radical (unpaired) electrons. The molecule has 0 aliphatic carbocycles. The van der Waals surface area contributed by atoms with Gasteiger partial charge in [0.05, 0.1) is 12.7 Å². The van der Waals surface area contributed by atoms with E-state index in [-0.39, 0.29) is 24.0 Å². The van der Waals surface area contributed by atoms with Gasteiger partial charge >= 0.3 is 0 Å². The normalized spacial score (nSPS) is 12.1. The number of aryl methyl sites for hydroxylation is 1. The number of nitrogens with zero attached hydrogens (tertiary/aromatic N) is 1. The van der Waals surface area contributed by atoms with Crippen molar-refractivity contribution in [3.05, 3.63) is 52.8 Å². The Balaban J connectivity index is 1.63. The smallest absolute Gasteiger partial charge is 0.275 e. The van der Waals surface area contributed by atoms with Crippen molar-refractivity contribution < 1.29 is 23.4 Å². The molecule has 0 atom stereocenters. The van der Waals surface area contributed by atoms with Crippen molar-refractivity contribution in [3.8, 4) is 27.8 Å². The lowest BCUT2D eigenvalue weighted by atomic mass is 10.2. The minimum Gasteiger partial charge on any atom is -0.496 e. The highest BCUT2D eigenvalue weighted by molar-refractivity contribution is 7.15. The van der Waals surface area contributed by atoms with Crippen molar-refractivity contribution in [2.75, 3.05) is 19.2 Å². The zero-order valence-corrected chi connectivity index (χ0v) is 15.4. The summed E-state index contributed by atoms with van der Waals surface area (Å²) in [6.45, 7) is 1.93. The Labute approximate surface area is 158 Å². The lowest BCUT2D eigenvalue weighted by molar-refractivity contribution is 0.102. The standard InChI is InChI=1S/C19H15FN2O4S/c1-10-17(18(23)21-11-6-7-13-15(8-11)26-9-25-13)22-19(27-10)16-12(20)4-3-5-14(16)24-2/h3-8H,9H2,1-2H3,(H,21,23). The quantitative estimate of drug-likeness (QED) is 0.726. The van der Waals surface area contributed by atoms with Gasteiger partial charge in [0.2, 0.25) is 6.79 Å². The molecule has 0 saturated heterocycles. The van der Waals surface area contributed by atoms with Crippen LogP contribution in [0.15, 0.2) is 36.4 Å². The summed E-state index contributed by atoms with van der Waals surface area (Å²) >= 11 is 1.23. The van der Waals surface area contributed by atoms with Crippen LogP contribution in [-0.2, 0) is 0 Å². The number of benzene rings is 2. The number of fused-ring (bicyclic) bond motifs is 1. The monoisotopic (exact) mass is 386 g/mol. The Bertz CT molecular complexity index is 1030. The minimum absolute atomic E-state index is 0.158. The van der Waals surface area contributed by atoms with Crippen LogP contribution < -0.4 is 19.5 Å². The van der Waals surface area contributed by atoms with E-state index >= 15 is 0 Å². The van der Waals surface area contributed by atoms with Crippen molar-refractivity contribution in [2.45, 2.75) is 6.92 Å². The third-order valence-corrected chi connectivity index (χ3v) is 5.04.